The summed E-state index contributed by atoms with van der Waals surface area (Å²) in [7, 11) is 0. The largest absolute Gasteiger partial charge is 0.435 e. The molecule has 0 heterocycles. The number of rotatable bonds is 1. The predicted molar refractivity (Wildman–Crippen MR) is 45.7 cm³/mol. The van der Waals surface area contributed by atoms with Gasteiger partial charge < -0.3 is 5.73 Å². The Labute approximate surface area is 99.4 Å². The third-order valence-electron chi connectivity index (χ3n) is 2.26. The second-order valence-electron chi connectivity index (χ2n) is 3.51. The third kappa shape index (κ3) is 2.30. The van der Waals surface area contributed by atoms with Crippen LogP contribution < -0.4 is 5.73 Å². The van der Waals surface area contributed by atoms with Crippen molar-refractivity contribution in [3.63, 3.8) is 0 Å². The molecule has 0 fully saturated rings. The first kappa shape index (κ1) is 15.4. The maximum Gasteiger partial charge on any atom is 0.435 e. The molecule has 0 aliphatic carbocycles. The summed E-state index contributed by atoms with van der Waals surface area (Å²) in [4.78, 5) is 0. The van der Waals surface area contributed by atoms with E-state index in [0.29, 0.717) is 0 Å². The molecule has 0 aromatic heterocycles. The number of nitrogen functional groups attached to an aromatic ring is 1. The van der Waals surface area contributed by atoms with E-state index in [1.165, 1.54) is 0 Å². The lowest BCUT2D eigenvalue weighted by Crippen LogP contribution is -2.50. The molecule has 0 aliphatic rings. The van der Waals surface area contributed by atoms with Gasteiger partial charge in [0.1, 0.15) is 17.3 Å². The van der Waals surface area contributed by atoms with Crippen molar-refractivity contribution in [1.29, 1.82) is 0 Å². The van der Waals surface area contributed by atoms with Gasteiger partial charge in [0.2, 0.25) is 0 Å². The van der Waals surface area contributed by atoms with Crippen LogP contribution in [0.4, 0.5) is 45.2 Å². The molecule has 0 atom stereocenters. The minimum absolute atomic E-state index is 0.445. The molecule has 0 spiro atoms. The number of benzene rings is 1. The Hall–Kier alpha value is -1.61. The van der Waals surface area contributed by atoms with Crippen LogP contribution in [0, 0.1) is 11.6 Å². The van der Waals surface area contributed by atoms with Gasteiger partial charge in [-0.05, 0) is 12.1 Å². The molecule has 0 saturated heterocycles. The first-order valence-electron chi connectivity index (χ1n) is 4.39. The van der Waals surface area contributed by atoms with Gasteiger partial charge in [-0.1, -0.05) is 0 Å². The second-order valence-corrected chi connectivity index (χ2v) is 3.51. The summed E-state index contributed by atoms with van der Waals surface area (Å²) in [5, 5.41) is 0. The predicted octanol–water partition coefficient (Wildman–Crippen LogP) is 3.84. The molecule has 1 nitrogen and oxygen atoms in total. The van der Waals surface area contributed by atoms with E-state index in [9.17, 15) is 39.5 Å². The molecule has 2 N–H and O–H groups in total. The van der Waals surface area contributed by atoms with Crippen LogP contribution in [-0.2, 0) is 5.67 Å². The van der Waals surface area contributed by atoms with Gasteiger partial charge in [0.15, 0.2) is 0 Å². The monoisotopic (exact) mass is 297 g/mol. The fourth-order valence-electron chi connectivity index (χ4n) is 1.27. The third-order valence-corrected chi connectivity index (χ3v) is 2.26. The van der Waals surface area contributed by atoms with Gasteiger partial charge in [-0.25, -0.2) is 13.2 Å². The maximum absolute atomic E-state index is 13.4. The van der Waals surface area contributed by atoms with Gasteiger partial charge in [0, 0.05) is 5.56 Å². The Morgan fingerprint density at radius 2 is 1.05 bits per heavy atom. The van der Waals surface area contributed by atoms with E-state index >= 15 is 0 Å². The summed E-state index contributed by atoms with van der Waals surface area (Å²) < 4.78 is 113. The summed E-state index contributed by atoms with van der Waals surface area (Å²) in [6.07, 6.45) is -12.9. The lowest BCUT2D eigenvalue weighted by molar-refractivity contribution is -0.348. The maximum atomic E-state index is 13.4. The number of nitrogens with two attached hydrogens (primary N) is 1. The Morgan fingerprint density at radius 3 is 1.32 bits per heavy atom. The zero-order valence-corrected chi connectivity index (χ0v) is 8.63. The first-order valence-corrected chi connectivity index (χ1v) is 4.39. The Kier molecular flexibility index (Phi) is 3.42. The molecule has 0 unspecified atom stereocenters. The van der Waals surface area contributed by atoms with Crippen LogP contribution in [0.5, 0.6) is 0 Å². The van der Waals surface area contributed by atoms with Gasteiger partial charge in [-0.15, -0.1) is 0 Å². The van der Waals surface area contributed by atoms with E-state index in [1.807, 2.05) is 0 Å². The Balaban J connectivity index is 3.62. The van der Waals surface area contributed by atoms with Gasteiger partial charge in [-0.3, -0.25) is 0 Å². The van der Waals surface area contributed by atoms with E-state index < -0.39 is 53.0 Å². The summed E-state index contributed by atoms with van der Waals surface area (Å²) in [5.74, 6) is -3.85. The highest BCUT2D eigenvalue weighted by Gasteiger charge is 2.73. The molecule has 19 heavy (non-hydrogen) atoms. The molecule has 1 rings (SSSR count). The lowest BCUT2D eigenvalue weighted by atomic mass is 9.93. The Morgan fingerprint density at radius 1 is 0.737 bits per heavy atom. The molecule has 1 aromatic carbocycles. The first-order chi connectivity index (χ1) is 8.32. The van der Waals surface area contributed by atoms with Gasteiger partial charge in [-0.2, -0.15) is 26.3 Å². The van der Waals surface area contributed by atoms with E-state index in [4.69, 9.17) is 0 Å². The summed E-state index contributed by atoms with van der Waals surface area (Å²) >= 11 is 0. The molecule has 1 aromatic rings. The van der Waals surface area contributed by atoms with Gasteiger partial charge in [0.25, 0.3) is 0 Å². The number of hydrogen-bond acceptors (Lipinski definition) is 1. The van der Waals surface area contributed by atoms with E-state index in [0.717, 1.165) is 0 Å². The quantitative estimate of drug-likeness (QED) is 0.618. The van der Waals surface area contributed by atoms with Crippen molar-refractivity contribution in [3.8, 4) is 0 Å². The molecular weight excluding hydrogens is 293 g/mol. The summed E-state index contributed by atoms with van der Waals surface area (Å²) in [6.45, 7) is 0. The fourth-order valence-corrected chi connectivity index (χ4v) is 1.27. The SMILES string of the molecule is Nc1c(F)cc(C(F)(C(F)(F)F)C(F)(F)F)cc1F. The fraction of sp³-hybridized carbons (Fsp3) is 0.333. The van der Waals surface area contributed by atoms with Crippen LogP contribution >= 0.6 is 0 Å². The normalized spacial score (nSPS) is 13.7. The van der Waals surface area contributed by atoms with Crippen molar-refractivity contribution in [2.45, 2.75) is 18.0 Å². The standard InChI is InChI=1S/C9H4F9N/c10-4-1-3(2-5(11)6(4)19)7(12,8(13,14)15)9(16,17)18/h1-2H,19H2. The van der Waals surface area contributed by atoms with Crippen molar-refractivity contribution in [1.82, 2.24) is 0 Å². The highest BCUT2D eigenvalue weighted by atomic mass is 19.4. The molecule has 0 amide bonds. The van der Waals surface area contributed by atoms with E-state index in [1.54, 1.807) is 0 Å². The smallest absolute Gasteiger partial charge is 0.394 e. The van der Waals surface area contributed by atoms with Crippen LogP contribution in [0.15, 0.2) is 12.1 Å². The van der Waals surface area contributed by atoms with Crippen molar-refractivity contribution >= 4 is 5.69 Å². The summed E-state index contributed by atoms with van der Waals surface area (Å²) in [6, 6.07) is -0.890. The minimum atomic E-state index is -6.44. The zero-order valence-electron chi connectivity index (χ0n) is 8.63. The number of anilines is 1. The van der Waals surface area contributed by atoms with Crippen LogP contribution in [0.2, 0.25) is 0 Å². The van der Waals surface area contributed by atoms with Crippen LogP contribution in [0.1, 0.15) is 5.56 Å². The minimum Gasteiger partial charge on any atom is -0.394 e. The van der Waals surface area contributed by atoms with Crippen LogP contribution in [0.25, 0.3) is 0 Å². The van der Waals surface area contributed by atoms with E-state index in [-0.39, 0.29) is 0 Å². The highest BCUT2D eigenvalue weighted by Crippen LogP contribution is 2.53. The van der Waals surface area contributed by atoms with Crippen molar-refractivity contribution in [2.75, 3.05) is 5.73 Å². The molecule has 108 valence electrons. The highest BCUT2D eigenvalue weighted by molar-refractivity contribution is 5.45. The summed E-state index contributed by atoms with van der Waals surface area (Å²) in [5.41, 5.74) is -4.79. The molecule has 0 bridgehead atoms. The molecule has 0 aliphatic heterocycles. The number of halogens is 9. The average Bonchev–Trinajstić information content (AvgIpc) is 2.20. The van der Waals surface area contributed by atoms with E-state index in [2.05, 4.69) is 5.73 Å². The van der Waals surface area contributed by atoms with Gasteiger partial charge in [0.05, 0.1) is 0 Å². The van der Waals surface area contributed by atoms with Crippen molar-refractivity contribution < 1.29 is 39.5 Å². The molecule has 0 radical (unpaired) electrons. The molecular formula is C9H4F9N. The topological polar surface area (TPSA) is 26.0 Å². The number of hydrogen-bond donors (Lipinski definition) is 1. The second kappa shape index (κ2) is 4.20. The van der Waals surface area contributed by atoms with Crippen LogP contribution in [0.3, 0.4) is 0 Å². The lowest BCUT2D eigenvalue weighted by Gasteiger charge is -2.30. The molecule has 0 saturated carbocycles. The van der Waals surface area contributed by atoms with Crippen molar-refractivity contribution in [3.05, 3.63) is 29.3 Å². The van der Waals surface area contributed by atoms with Crippen molar-refractivity contribution in [2.24, 2.45) is 0 Å². The Bertz CT molecular complexity index is 450. The number of alkyl halides is 7. The van der Waals surface area contributed by atoms with Crippen LogP contribution in [-0.4, -0.2) is 12.4 Å². The zero-order chi connectivity index (χ0) is 15.2. The molecule has 10 heteroatoms. The van der Waals surface area contributed by atoms with Gasteiger partial charge >= 0.3 is 18.0 Å². The average molecular weight is 297 g/mol.